The van der Waals surface area contributed by atoms with Crippen molar-refractivity contribution in [3.63, 3.8) is 0 Å². The van der Waals surface area contributed by atoms with Gasteiger partial charge in [0.15, 0.2) is 11.5 Å². The fourth-order valence-electron chi connectivity index (χ4n) is 2.78. The third kappa shape index (κ3) is 5.87. The summed E-state index contributed by atoms with van der Waals surface area (Å²) in [5, 5.41) is 3.30. The Bertz CT molecular complexity index is 640. The average molecular weight is 414 g/mol. The number of hydrogen-bond acceptors (Lipinski definition) is 6. The van der Waals surface area contributed by atoms with Gasteiger partial charge in [-0.2, -0.15) is 0 Å². The lowest BCUT2D eigenvalue weighted by molar-refractivity contribution is 0.167. The van der Waals surface area contributed by atoms with Crippen molar-refractivity contribution in [2.45, 2.75) is 11.3 Å². The summed E-state index contributed by atoms with van der Waals surface area (Å²) in [6.07, 6.45) is 0.783. The number of halogens is 2. The number of fused-ring (bicyclic) bond motifs is 1. The Labute approximate surface area is 161 Å². The van der Waals surface area contributed by atoms with E-state index in [2.05, 4.69) is 14.9 Å². The van der Waals surface area contributed by atoms with Gasteiger partial charge in [-0.1, -0.05) is 6.07 Å². The van der Waals surface area contributed by atoms with E-state index in [9.17, 15) is 8.42 Å². The summed E-state index contributed by atoms with van der Waals surface area (Å²) in [6, 6.07) is 4.94. The molecule has 0 amide bonds. The first-order valence-electron chi connectivity index (χ1n) is 7.98. The number of rotatable bonds is 6. The molecule has 0 aliphatic carbocycles. The van der Waals surface area contributed by atoms with Gasteiger partial charge >= 0.3 is 0 Å². The summed E-state index contributed by atoms with van der Waals surface area (Å²) < 4.78 is 38.5. The molecule has 1 aromatic carbocycles. The van der Waals surface area contributed by atoms with Crippen molar-refractivity contribution in [1.82, 2.24) is 14.9 Å². The van der Waals surface area contributed by atoms with Gasteiger partial charge in [0.2, 0.25) is 10.0 Å². The van der Waals surface area contributed by atoms with E-state index in [1.54, 1.807) is 18.2 Å². The number of para-hydroxylation sites is 1. The van der Waals surface area contributed by atoms with Crippen LogP contribution in [0.4, 0.5) is 0 Å². The molecule has 0 spiro atoms. The van der Waals surface area contributed by atoms with Gasteiger partial charge in [-0.25, -0.2) is 13.1 Å². The van der Waals surface area contributed by atoms with Crippen LogP contribution in [0.1, 0.15) is 6.42 Å². The molecule has 1 saturated heterocycles. The van der Waals surface area contributed by atoms with Gasteiger partial charge in [-0.3, -0.25) is 0 Å². The molecule has 0 atom stereocenters. The maximum atomic E-state index is 12.5. The second-order valence-electron chi connectivity index (χ2n) is 5.62. The van der Waals surface area contributed by atoms with Gasteiger partial charge in [0.25, 0.3) is 0 Å². The maximum Gasteiger partial charge on any atom is 0.244 e. The van der Waals surface area contributed by atoms with Crippen LogP contribution in [0, 0.1) is 0 Å². The Balaban J connectivity index is 0.00000156. The van der Waals surface area contributed by atoms with E-state index in [1.165, 1.54) is 0 Å². The first-order chi connectivity index (χ1) is 11.2. The van der Waals surface area contributed by atoms with Gasteiger partial charge in [0, 0.05) is 32.7 Å². The van der Waals surface area contributed by atoms with Crippen LogP contribution in [0.25, 0.3) is 0 Å². The van der Waals surface area contributed by atoms with Crippen LogP contribution in [0.15, 0.2) is 23.1 Å². The minimum absolute atomic E-state index is 0. The van der Waals surface area contributed by atoms with Crippen LogP contribution in [-0.2, 0) is 10.0 Å². The van der Waals surface area contributed by atoms with Gasteiger partial charge in [0.05, 0.1) is 0 Å². The zero-order valence-corrected chi connectivity index (χ0v) is 16.4. The van der Waals surface area contributed by atoms with Gasteiger partial charge in [-0.15, -0.1) is 24.8 Å². The Kier molecular flexibility index (Phi) is 9.26. The number of ether oxygens (including phenoxy) is 2. The van der Waals surface area contributed by atoms with Crippen molar-refractivity contribution in [3.05, 3.63) is 18.2 Å². The Morgan fingerprint density at radius 1 is 1.12 bits per heavy atom. The molecule has 0 bridgehead atoms. The highest BCUT2D eigenvalue weighted by Gasteiger charge is 2.24. The predicted molar refractivity (Wildman–Crippen MR) is 101 cm³/mol. The van der Waals surface area contributed by atoms with Crippen LogP contribution in [0.5, 0.6) is 11.5 Å². The summed E-state index contributed by atoms with van der Waals surface area (Å²) in [6.45, 7) is 6.15. The Morgan fingerprint density at radius 3 is 2.60 bits per heavy atom. The van der Waals surface area contributed by atoms with E-state index in [1.807, 2.05) is 0 Å². The summed E-state index contributed by atoms with van der Waals surface area (Å²) >= 11 is 0. The van der Waals surface area contributed by atoms with Gasteiger partial charge in [-0.05, 0) is 25.1 Å². The number of sulfonamides is 1. The zero-order valence-electron chi connectivity index (χ0n) is 13.9. The van der Waals surface area contributed by atoms with E-state index in [0.29, 0.717) is 31.3 Å². The molecule has 1 aromatic rings. The minimum atomic E-state index is -3.59. The monoisotopic (exact) mass is 413 g/mol. The number of piperazine rings is 1. The van der Waals surface area contributed by atoms with Gasteiger partial charge < -0.3 is 19.7 Å². The van der Waals surface area contributed by atoms with Crippen molar-refractivity contribution in [2.75, 3.05) is 52.5 Å². The van der Waals surface area contributed by atoms with E-state index < -0.39 is 10.0 Å². The lowest BCUT2D eigenvalue weighted by atomic mass is 10.3. The smallest absolute Gasteiger partial charge is 0.244 e. The molecule has 2 aliphatic rings. The molecule has 2 N–H and O–H groups in total. The van der Waals surface area contributed by atoms with E-state index in [-0.39, 0.29) is 29.7 Å². The summed E-state index contributed by atoms with van der Waals surface area (Å²) in [7, 11) is -3.59. The van der Waals surface area contributed by atoms with Crippen LogP contribution < -0.4 is 19.5 Å². The van der Waals surface area contributed by atoms with Crippen molar-refractivity contribution in [2.24, 2.45) is 0 Å². The number of nitrogens with zero attached hydrogens (tertiary/aromatic N) is 1. The zero-order chi connectivity index (χ0) is 16.1. The molecule has 0 radical (unpaired) electrons. The van der Waals surface area contributed by atoms with Crippen LogP contribution in [-0.4, -0.2) is 65.8 Å². The third-order valence-corrected chi connectivity index (χ3v) is 5.46. The van der Waals surface area contributed by atoms with Gasteiger partial charge in [0.1, 0.15) is 18.1 Å². The lowest BCUT2D eigenvalue weighted by Crippen LogP contribution is -2.44. The van der Waals surface area contributed by atoms with Crippen molar-refractivity contribution < 1.29 is 17.9 Å². The first kappa shape index (κ1) is 22.3. The molecule has 25 heavy (non-hydrogen) atoms. The average Bonchev–Trinajstić information content (AvgIpc) is 2.59. The number of benzene rings is 1. The fraction of sp³-hybridized carbons (Fsp3) is 0.600. The Hall–Kier alpha value is -0.770. The van der Waals surface area contributed by atoms with E-state index in [4.69, 9.17) is 9.47 Å². The lowest BCUT2D eigenvalue weighted by Gasteiger charge is -2.27. The molecule has 144 valence electrons. The van der Waals surface area contributed by atoms with Crippen molar-refractivity contribution in [3.8, 4) is 11.5 Å². The molecule has 7 nitrogen and oxygen atoms in total. The molecule has 0 saturated carbocycles. The number of nitrogens with one attached hydrogen (secondary N) is 2. The molecular formula is C15H25Cl2N3O4S. The number of hydrogen-bond donors (Lipinski definition) is 2. The molecular weight excluding hydrogens is 389 g/mol. The second kappa shape index (κ2) is 10.4. The first-order valence-corrected chi connectivity index (χ1v) is 9.46. The quantitative estimate of drug-likeness (QED) is 0.673. The minimum Gasteiger partial charge on any atom is -0.486 e. The standard InChI is InChI=1S/C15H23N3O4S.2ClH/c19-23(20,17-5-2-8-18-9-6-16-7-10-18)14-4-1-3-13-15(14)22-12-11-21-13;;/h1,3-4,16-17H,2,5-12H2;2*1H. The van der Waals surface area contributed by atoms with Crippen LogP contribution in [0.3, 0.4) is 0 Å². The highest BCUT2D eigenvalue weighted by Crippen LogP contribution is 2.36. The largest absolute Gasteiger partial charge is 0.486 e. The molecule has 0 aromatic heterocycles. The van der Waals surface area contributed by atoms with E-state index in [0.717, 1.165) is 39.1 Å². The second-order valence-corrected chi connectivity index (χ2v) is 7.36. The molecule has 10 heteroatoms. The SMILES string of the molecule is Cl.Cl.O=S(=O)(NCCCN1CCNCC1)c1cccc2c1OCCO2. The summed E-state index contributed by atoms with van der Waals surface area (Å²) in [4.78, 5) is 2.49. The predicted octanol–water partition coefficient (Wildman–Crippen LogP) is 0.875. The fourth-order valence-corrected chi connectivity index (χ4v) is 4.01. The highest BCUT2D eigenvalue weighted by atomic mass is 35.5. The van der Waals surface area contributed by atoms with Crippen molar-refractivity contribution >= 4 is 34.8 Å². The summed E-state index contributed by atoms with van der Waals surface area (Å²) in [5.74, 6) is 0.799. The molecule has 2 aliphatic heterocycles. The molecule has 1 fully saturated rings. The van der Waals surface area contributed by atoms with Crippen LogP contribution >= 0.6 is 24.8 Å². The Morgan fingerprint density at radius 2 is 1.84 bits per heavy atom. The molecule has 0 unspecified atom stereocenters. The topological polar surface area (TPSA) is 79.9 Å². The summed E-state index contributed by atoms with van der Waals surface area (Å²) in [5.41, 5.74) is 0. The third-order valence-electron chi connectivity index (χ3n) is 3.97. The maximum absolute atomic E-state index is 12.5. The van der Waals surface area contributed by atoms with Crippen molar-refractivity contribution in [1.29, 1.82) is 0 Å². The van der Waals surface area contributed by atoms with Crippen LogP contribution in [0.2, 0.25) is 0 Å². The molecule has 3 rings (SSSR count). The molecule has 2 heterocycles. The van der Waals surface area contributed by atoms with E-state index >= 15 is 0 Å². The normalized spacial score (nSPS) is 17.3. The highest BCUT2D eigenvalue weighted by molar-refractivity contribution is 7.89.